The smallest absolute Gasteiger partial charge is 0.497 e. The first-order valence-electron chi connectivity index (χ1n) is 42.1. The number of carbonyl (C=O) groups is 1. The molecule has 10 aromatic heterocycles. The van der Waals surface area contributed by atoms with Gasteiger partial charge in [-0.1, -0.05) is 42.5 Å². The molecule has 20 aromatic rings. The number of hydrogen-bond donors (Lipinski definition) is 10. The molecule has 0 spiro atoms. The minimum atomic E-state index is -4.83. The number of nitrogens with one attached hydrogen (secondary N) is 5. The van der Waals surface area contributed by atoms with Crippen molar-refractivity contribution in [2.24, 2.45) is 0 Å². The Morgan fingerprint density at radius 1 is 0.324 bits per heavy atom. The van der Waals surface area contributed by atoms with E-state index >= 15 is 0 Å². The number of nitrogen functional groups attached to an aromatic ring is 5. The van der Waals surface area contributed by atoms with Crippen molar-refractivity contribution in [1.29, 1.82) is 5.26 Å². The van der Waals surface area contributed by atoms with E-state index in [2.05, 4.69) is 111 Å². The van der Waals surface area contributed by atoms with Gasteiger partial charge in [0.2, 0.25) is 58.8 Å². The molecule has 0 radical (unpaired) electrons. The first kappa shape index (κ1) is 95.9. The van der Waals surface area contributed by atoms with Crippen LogP contribution in [0.1, 0.15) is 50.6 Å². The number of nitrogens with two attached hydrogens (primary N) is 5. The molecule has 10 heterocycles. The molecule has 0 saturated carbocycles. The summed E-state index contributed by atoms with van der Waals surface area (Å²) in [4.78, 5) is 74.9. The maximum atomic E-state index is 14.6. The van der Waals surface area contributed by atoms with Gasteiger partial charge in [-0.25, -0.2) is 42.9 Å². The van der Waals surface area contributed by atoms with Gasteiger partial charge in [0, 0.05) is 52.7 Å². The second-order valence-corrected chi connectivity index (χ2v) is 30.8. The van der Waals surface area contributed by atoms with Crippen LogP contribution in [0.2, 0.25) is 0 Å². The number of esters is 1. The minimum Gasteiger partial charge on any atom is -0.497 e. The number of nitriles is 1. The van der Waals surface area contributed by atoms with E-state index in [1.54, 1.807) is 97.7 Å². The van der Waals surface area contributed by atoms with Crippen molar-refractivity contribution in [3.05, 3.63) is 317 Å². The van der Waals surface area contributed by atoms with E-state index in [4.69, 9.17) is 38.7 Å². The van der Waals surface area contributed by atoms with Crippen molar-refractivity contribution in [3.8, 4) is 47.3 Å². The van der Waals surface area contributed by atoms with Crippen LogP contribution in [0, 0.1) is 99.4 Å². The van der Waals surface area contributed by atoms with Crippen molar-refractivity contribution in [2.75, 3.05) is 69.5 Å². The van der Waals surface area contributed by atoms with Crippen LogP contribution in [-0.2, 0) is 4.74 Å². The van der Waals surface area contributed by atoms with E-state index in [0.29, 0.717) is 96.2 Å². The van der Waals surface area contributed by atoms with Crippen LogP contribution in [-0.4, -0.2) is 124 Å². The number of fused-ring (bicyclic) bond motifs is 5. The number of hydrogen-bond acceptors (Lipinski definition) is 30. The van der Waals surface area contributed by atoms with Crippen molar-refractivity contribution < 1.29 is 67.3 Å². The predicted molar refractivity (Wildman–Crippen MR) is 511 cm³/mol. The summed E-state index contributed by atoms with van der Waals surface area (Å²) in [6, 6.07) is 61.2. The number of ether oxygens (including phenoxy) is 3. The molecular formula is C96H76F11N31O4. The maximum Gasteiger partial charge on any atom is 0.573 e. The number of alkyl halides is 3. The average molecular weight is 1940 g/mol. The number of nitrogens with zero attached hydrogens (tertiary/aromatic N) is 21. The van der Waals surface area contributed by atoms with Crippen LogP contribution in [0.4, 0.5) is 135 Å². The van der Waals surface area contributed by atoms with E-state index in [1.807, 2.05) is 99.6 Å². The van der Waals surface area contributed by atoms with Crippen molar-refractivity contribution in [2.45, 2.75) is 47.9 Å². The highest BCUT2D eigenvalue weighted by molar-refractivity contribution is 5.90. The lowest BCUT2D eigenvalue weighted by Crippen LogP contribution is -2.17. The fraction of sp³-hybridized carbons (Fsp3) is 0.0938. The predicted octanol–water partition coefficient (Wildman–Crippen LogP) is 19.2. The number of carbonyl (C=O) groups excluding carboxylic acids is 1. The number of anilines is 15. The van der Waals surface area contributed by atoms with E-state index in [0.717, 1.165) is 45.5 Å². The van der Waals surface area contributed by atoms with Gasteiger partial charge in [-0.15, -0.1) is 13.2 Å². The van der Waals surface area contributed by atoms with E-state index in [-0.39, 0.29) is 87.8 Å². The van der Waals surface area contributed by atoms with Gasteiger partial charge in [-0.05, 0) is 205 Å². The molecule has 0 aliphatic heterocycles. The molecule has 142 heavy (non-hydrogen) atoms. The van der Waals surface area contributed by atoms with Crippen molar-refractivity contribution >= 4 is 148 Å². The van der Waals surface area contributed by atoms with Crippen LogP contribution in [0.25, 0.3) is 84.9 Å². The second-order valence-electron chi connectivity index (χ2n) is 30.8. The number of para-hydroxylation sites is 4. The molecule has 0 aliphatic rings. The summed E-state index contributed by atoms with van der Waals surface area (Å²) in [6.07, 6.45) is -4.83. The van der Waals surface area contributed by atoms with Crippen LogP contribution in [0.15, 0.2) is 224 Å². The Labute approximate surface area is 795 Å². The molecule has 0 atom stereocenters. The number of aryl methyl sites for hydroxylation is 6. The highest BCUT2D eigenvalue weighted by atomic mass is 19.4. The molecule has 10 aromatic carbocycles. The molecule has 46 heteroatoms. The quantitative estimate of drug-likeness (QED) is 0.0282. The Hall–Kier alpha value is -19.3. The van der Waals surface area contributed by atoms with Gasteiger partial charge < -0.3 is 69.5 Å². The Bertz CT molecular complexity index is 8260. The molecule has 0 fully saturated rings. The third-order valence-corrected chi connectivity index (χ3v) is 20.9. The summed E-state index contributed by atoms with van der Waals surface area (Å²) in [5.41, 5.74) is 39.2. The Kier molecular flexibility index (Phi) is 27.2. The SMILES string of the molecule is COC(=O)c1ccc(Nc2nc(-n3c(C)nc4ccc(F)cc43)nc(N)c2F)cc1.COc1cccc(Nc2nc(-n3c(C)nc4ccccc43)nc(N)c2F)c1.Cc1cccc(Nc2nc(-n3c(C)nc4ccccc43)nc(N)c2F)c1.Cc1nc2ccc(F)cc2n1-c1nc(N)c(F)c(Nc2ccc(C#N)cc2)n1.Cc1nc2ccc(F)cc2n1-c1nc(N)c(F)c(Nc2ccc(OC(F)(F)F)cc2)n1. The summed E-state index contributed by atoms with van der Waals surface area (Å²) >= 11 is 0. The fourth-order valence-electron chi connectivity index (χ4n) is 14.5. The van der Waals surface area contributed by atoms with Crippen LogP contribution in [0.3, 0.4) is 0 Å². The van der Waals surface area contributed by atoms with Gasteiger partial charge in [0.05, 0.1) is 86.6 Å². The topological polar surface area (TPSA) is 477 Å². The standard InChI is InChI=1S/C20H16F2N6O2.C19H13F5N6O.C19H13F2N7.C19H17FN6O.C19H17FN6/c1-10-24-14-8-5-12(21)9-15(14)28(10)20-26-17(23)16(22)18(27-20)25-13-6-3-11(4-7-13)19(29)30-2;1-9-26-13-7-2-10(20)8-14(13)30(9)18-28-16(25)15(21)17(29-18)27-11-3-5-12(6-4-11)31-19(22,23)24;1-10-24-14-7-4-12(20)8-15(14)28(10)19-26-17(23)16(21)18(27-19)25-13-5-2-11(9-22)3-6-13;1-11-22-14-8-3-4-9-15(14)26(11)19-24-17(21)16(20)18(25-19)23-12-6-5-7-13(10-12)27-2;1-11-6-5-7-13(10-11)23-18-16(20)17(21)24-19(25-18)26-12(2)22-14-8-3-4-9-15(14)26/h3-9H,1-2H3,(H3,23,25,26,27);2-8H,1H3,(H3,25,27,28,29);2-8H,1H3,(H3,23,25,26,27);3-10H,1-2H3,(H3,21,23,24,25);3-10H,1-2H3,(H3,21,23,24,25). The van der Waals surface area contributed by atoms with Gasteiger partial charge in [0.25, 0.3) is 0 Å². The fourth-order valence-corrected chi connectivity index (χ4v) is 14.5. The molecule has 0 aliphatic carbocycles. The Balaban J connectivity index is 0.000000128. The van der Waals surface area contributed by atoms with Crippen molar-refractivity contribution in [3.63, 3.8) is 0 Å². The Morgan fingerprint density at radius 2 is 0.627 bits per heavy atom. The van der Waals surface area contributed by atoms with Crippen molar-refractivity contribution in [1.82, 2.24) is 97.6 Å². The first-order chi connectivity index (χ1) is 68.0. The number of halogens is 11. The molecule has 0 saturated heterocycles. The van der Waals surface area contributed by atoms with Gasteiger partial charge >= 0.3 is 12.3 Å². The zero-order valence-electron chi connectivity index (χ0n) is 75.4. The number of imidazole rings is 5. The van der Waals surface area contributed by atoms with Gasteiger partial charge in [-0.3, -0.25) is 22.8 Å². The summed E-state index contributed by atoms with van der Waals surface area (Å²) in [7, 11) is 2.84. The van der Waals surface area contributed by atoms with E-state index < -0.39 is 70.4 Å². The monoisotopic (exact) mass is 1940 g/mol. The largest absolute Gasteiger partial charge is 0.573 e. The molecule has 15 N–H and O–H groups in total. The normalized spacial score (nSPS) is 11.1. The van der Waals surface area contributed by atoms with E-state index in [9.17, 15) is 53.1 Å². The van der Waals surface area contributed by atoms with E-state index in [1.165, 1.54) is 99.7 Å². The number of rotatable bonds is 18. The molecule has 0 amide bonds. The number of methoxy groups -OCH3 is 2. The second kappa shape index (κ2) is 40.3. The first-order valence-corrected chi connectivity index (χ1v) is 42.1. The summed E-state index contributed by atoms with van der Waals surface area (Å²) in [6.45, 7) is 10.7. The molecule has 20 rings (SSSR count). The molecule has 0 unspecified atom stereocenters. The lowest BCUT2D eigenvalue weighted by molar-refractivity contribution is -0.274. The molecule has 35 nitrogen and oxygen atoms in total. The minimum absolute atomic E-state index is 0.0234. The number of benzene rings is 10. The summed E-state index contributed by atoms with van der Waals surface area (Å²) in [5.74, 6) is -4.80. The third kappa shape index (κ3) is 21.1. The Morgan fingerprint density at radius 3 is 0.951 bits per heavy atom. The van der Waals surface area contributed by atoms with Gasteiger partial charge in [0.1, 0.15) is 58.1 Å². The summed E-state index contributed by atoms with van der Waals surface area (Å²) < 4.78 is 172. The molecule has 0 bridgehead atoms. The third-order valence-electron chi connectivity index (χ3n) is 20.9. The lowest BCUT2D eigenvalue weighted by atomic mass is 10.2. The highest BCUT2D eigenvalue weighted by Gasteiger charge is 2.32. The molecule has 716 valence electrons. The number of aromatic nitrogens is 20. The van der Waals surface area contributed by atoms with Gasteiger partial charge in [-0.2, -0.15) is 77.1 Å². The average Bonchev–Trinajstić information content (AvgIpc) is 1.63. The zero-order chi connectivity index (χ0) is 101. The van der Waals surface area contributed by atoms with Crippen LogP contribution >= 0.6 is 0 Å². The van der Waals surface area contributed by atoms with Crippen LogP contribution in [0.5, 0.6) is 11.5 Å². The lowest BCUT2D eigenvalue weighted by Gasteiger charge is -2.13. The van der Waals surface area contributed by atoms with Crippen LogP contribution < -0.4 is 64.7 Å². The molecular weight excluding hydrogens is 1860 g/mol. The summed E-state index contributed by atoms with van der Waals surface area (Å²) in [5, 5.41) is 23.1. The zero-order valence-corrected chi connectivity index (χ0v) is 75.4. The maximum absolute atomic E-state index is 14.6. The van der Waals surface area contributed by atoms with Gasteiger partial charge in [0.15, 0.2) is 58.2 Å². The highest BCUT2D eigenvalue weighted by Crippen LogP contribution is 2.36.